The monoisotopic (exact) mass is 552 g/mol. The van der Waals surface area contributed by atoms with Gasteiger partial charge in [0.15, 0.2) is 5.82 Å². The molecule has 0 radical (unpaired) electrons. The summed E-state index contributed by atoms with van der Waals surface area (Å²) in [6, 6.07) is 3.41. The Hall–Kier alpha value is -3.56. The van der Waals surface area contributed by atoms with E-state index >= 15 is 0 Å². The predicted molar refractivity (Wildman–Crippen MR) is 157 cm³/mol. The normalized spacial score (nSPS) is 20.5. The lowest BCUT2D eigenvalue weighted by Gasteiger charge is -2.41. The number of amides is 2. The summed E-state index contributed by atoms with van der Waals surface area (Å²) in [6.07, 6.45) is 8.61. The summed E-state index contributed by atoms with van der Waals surface area (Å²) in [7, 11) is 0. The third-order valence-corrected chi connectivity index (χ3v) is 8.21. The quantitative estimate of drug-likeness (QED) is 0.244. The van der Waals surface area contributed by atoms with E-state index in [9.17, 15) is 14.4 Å². The number of esters is 1. The molecule has 1 saturated carbocycles. The highest BCUT2D eigenvalue weighted by atomic mass is 16.5. The largest absolute Gasteiger partial charge is 0.465 e. The van der Waals surface area contributed by atoms with Crippen LogP contribution in [0.4, 0.5) is 17.3 Å². The first-order chi connectivity index (χ1) is 19.4. The summed E-state index contributed by atoms with van der Waals surface area (Å²) < 4.78 is 5.38. The molecule has 0 bridgehead atoms. The van der Waals surface area contributed by atoms with E-state index in [2.05, 4.69) is 28.7 Å². The Labute approximate surface area is 237 Å². The number of likely N-dealkylation sites (tertiary alicyclic amines) is 1. The maximum absolute atomic E-state index is 13.9. The number of rotatable bonds is 11. The van der Waals surface area contributed by atoms with Gasteiger partial charge >= 0.3 is 5.97 Å². The van der Waals surface area contributed by atoms with E-state index < -0.39 is 17.4 Å². The van der Waals surface area contributed by atoms with Crippen molar-refractivity contribution in [1.29, 1.82) is 0 Å². The summed E-state index contributed by atoms with van der Waals surface area (Å²) in [5.41, 5.74) is -0.241. The Kier molecular flexibility index (Phi) is 10.1. The molecule has 1 unspecified atom stereocenters. The highest BCUT2D eigenvalue weighted by Crippen LogP contribution is 2.41. The Morgan fingerprint density at radius 1 is 1.00 bits per heavy atom. The van der Waals surface area contributed by atoms with Crippen LogP contribution in [0, 0.1) is 5.41 Å². The van der Waals surface area contributed by atoms with Crippen LogP contribution in [0.2, 0.25) is 0 Å². The molecule has 2 aliphatic heterocycles. The Balaban J connectivity index is 1.45. The van der Waals surface area contributed by atoms with E-state index in [0.717, 1.165) is 43.0 Å². The number of pyridine rings is 1. The fourth-order valence-corrected chi connectivity index (χ4v) is 6.11. The van der Waals surface area contributed by atoms with Crippen molar-refractivity contribution in [2.24, 2.45) is 5.41 Å². The van der Waals surface area contributed by atoms with E-state index in [1.54, 1.807) is 24.0 Å². The third kappa shape index (κ3) is 6.26. The van der Waals surface area contributed by atoms with Gasteiger partial charge in [-0.05, 0) is 44.7 Å². The number of anilines is 3. The van der Waals surface area contributed by atoms with Gasteiger partial charge in [-0.1, -0.05) is 31.4 Å². The number of nitrogens with one attached hydrogen (secondary N) is 2. The van der Waals surface area contributed by atoms with Crippen LogP contribution in [0.5, 0.6) is 0 Å². The average Bonchev–Trinajstić information content (AvgIpc) is 3.49. The van der Waals surface area contributed by atoms with Crippen LogP contribution in [0.15, 0.2) is 37.4 Å². The standard InChI is InChI=1S/C30H44N6O4/c1-4-16-31-23-12-13-25(32-17-5-2)33-26(23)34-19-21-35(22-20-34)27(37)24-11-10-18-36(24)28(38)30(29(39)40-6-3)14-8-7-9-15-30/h4-5,12-13,24,31H,1-2,6-11,14-22H2,3H3,(H,32,33). The molecule has 3 fully saturated rings. The predicted octanol–water partition coefficient (Wildman–Crippen LogP) is 3.43. The highest BCUT2D eigenvalue weighted by molar-refractivity contribution is 6.04. The SMILES string of the molecule is C=CCNc1ccc(NCC=C)c(N2CCN(C(=O)C3CCCN3C(=O)C3(C(=O)OCC)CCCCC3)CC2)n1. The van der Waals surface area contributed by atoms with Gasteiger partial charge in [0, 0.05) is 45.8 Å². The molecule has 2 N–H and O–H groups in total. The fourth-order valence-electron chi connectivity index (χ4n) is 6.11. The van der Waals surface area contributed by atoms with Crippen LogP contribution >= 0.6 is 0 Å². The molecule has 0 aromatic carbocycles. The molecule has 2 amide bonds. The van der Waals surface area contributed by atoms with Gasteiger partial charge in [-0.3, -0.25) is 14.4 Å². The van der Waals surface area contributed by atoms with Crippen LogP contribution in [0.25, 0.3) is 0 Å². The summed E-state index contributed by atoms with van der Waals surface area (Å²) in [4.78, 5) is 51.3. The van der Waals surface area contributed by atoms with Crippen molar-refractivity contribution in [3.63, 3.8) is 0 Å². The first-order valence-electron chi connectivity index (χ1n) is 14.7. The number of hydrogen-bond acceptors (Lipinski definition) is 8. The summed E-state index contributed by atoms with van der Waals surface area (Å²) in [6.45, 7) is 13.6. The van der Waals surface area contributed by atoms with E-state index in [4.69, 9.17) is 9.72 Å². The van der Waals surface area contributed by atoms with Gasteiger partial charge in [0.05, 0.1) is 12.3 Å². The van der Waals surface area contributed by atoms with Gasteiger partial charge in [-0.25, -0.2) is 4.98 Å². The van der Waals surface area contributed by atoms with Crippen molar-refractivity contribution in [2.45, 2.75) is 57.9 Å². The van der Waals surface area contributed by atoms with Gasteiger partial charge < -0.3 is 30.1 Å². The molecule has 10 nitrogen and oxygen atoms in total. The van der Waals surface area contributed by atoms with Crippen molar-refractivity contribution in [2.75, 3.05) is 68.0 Å². The minimum absolute atomic E-state index is 0.0281. The van der Waals surface area contributed by atoms with Crippen molar-refractivity contribution >= 4 is 35.1 Å². The lowest BCUT2D eigenvalue weighted by atomic mass is 9.72. The van der Waals surface area contributed by atoms with Crippen LogP contribution in [0.1, 0.15) is 51.9 Å². The second-order valence-corrected chi connectivity index (χ2v) is 10.7. The molecule has 1 aromatic heterocycles. The van der Waals surface area contributed by atoms with Crippen molar-refractivity contribution in [1.82, 2.24) is 14.8 Å². The zero-order valence-corrected chi connectivity index (χ0v) is 23.8. The molecule has 1 aliphatic carbocycles. The second kappa shape index (κ2) is 13.7. The molecule has 40 heavy (non-hydrogen) atoms. The van der Waals surface area contributed by atoms with Crippen LogP contribution in [-0.2, 0) is 19.1 Å². The Bertz CT molecular complexity index is 1080. The first kappa shape index (κ1) is 29.4. The number of nitrogens with zero attached hydrogens (tertiary/aromatic N) is 4. The molecule has 4 rings (SSSR count). The molecule has 1 aromatic rings. The van der Waals surface area contributed by atoms with Crippen molar-refractivity contribution in [3.05, 3.63) is 37.4 Å². The van der Waals surface area contributed by atoms with E-state index in [1.165, 1.54) is 0 Å². The minimum atomic E-state index is -1.15. The summed E-state index contributed by atoms with van der Waals surface area (Å²) in [5.74, 6) is 0.917. The fraction of sp³-hybridized carbons (Fsp3) is 0.600. The van der Waals surface area contributed by atoms with Gasteiger partial charge in [0.2, 0.25) is 11.8 Å². The van der Waals surface area contributed by atoms with Gasteiger partial charge in [0.1, 0.15) is 17.3 Å². The molecule has 1 atom stereocenters. The number of piperazine rings is 1. The number of carbonyl (C=O) groups is 3. The molecule has 218 valence electrons. The van der Waals surface area contributed by atoms with E-state index in [-0.39, 0.29) is 18.4 Å². The smallest absolute Gasteiger partial charge is 0.321 e. The maximum Gasteiger partial charge on any atom is 0.321 e. The zero-order chi connectivity index (χ0) is 28.5. The number of hydrogen-bond donors (Lipinski definition) is 2. The van der Waals surface area contributed by atoms with Crippen LogP contribution in [0.3, 0.4) is 0 Å². The maximum atomic E-state index is 13.9. The van der Waals surface area contributed by atoms with E-state index in [0.29, 0.717) is 65.1 Å². The molecule has 3 aliphatic rings. The lowest BCUT2D eigenvalue weighted by Crippen LogP contribution is -2.57. The molecule has 3 heterocycles. The summed E-state index contributed by atoms with van der Waals surface area (Å²) >= 11 is 0. The van der Waals surface area contributed by atoms with Crippen molar-refractivity contribution < 1.29 is 19.1 Å². The molecule has 10 heteroatoms. The van der Waals surface area contributed by atoms with E-state index in [1.807, 2.05) is 17.0 Å². The van der Waals surface area contributed by atoms with Crippen molar-refractivity contribution in [3.8, 4) is 0 Å². The lowest BCUT2D eigenvalue weighted by molar-refractivity contribution is -0.169. The van der Waals surface area contributed by atoms with Crippen LogP contribution < -0.4 is 15.5 Å². The average molecular weight is 553 g/mol. The molecule has 2 saturated heterocycles. The minimum Gasteiger partial charge on any atom is -0.465 e. The second-order valence-electron chi connectivity index (χ2n) is 10.7. The number of ether oxygens (including phenoxy) is 1. The molecular formula is C30H44N6O4. The molecular weight excluding hydrogens is 508 g/mol. The highest BCUT2D eigenvalue weighted by Gasteiger charge is 2.52. The Morgan fingerprint density at radius 3 is 2.38 bits per heavy atom. The van der Waals surface area contributed by atoms with Gasteiger partial charge in [-0.15, -0.1) is 13.2 Å². The van der Waals surface area contributed by atoms with Gasteiger partial charge in [-0.2, -0.15) is 0 Å². The topological polar surface area (TPSA) is 107 Å². The Morgan fingerprint density at radius 2 is 1.70 bits per heavy atom. The number of aromatic nitrogens is 1. The molecule has 0 spiro atoms. The van der Waals surface area contributed by atoms with Crippen LogP contribution in [-0.4, -0.2) is 91.0 Å². The van der Waals surface area contributed by atoms with Gasteiger partial charge in [0.25, 0.3) is 0 Å². The first-order valence-corrected chi connectivity index (χ1v) is 14.7. The number of carbonyl (C=O) groups excluding carboxylic acids is 3. The zero-order valence-electron chi connectivity index (χ0n) is 23.8. The third-order valence-electron chi connectivity index (χ3n) is 8.21. The summed E-state index contributed by atoms with van der Waals surface area (Å²) in [5, 5.41) is 6.60.